The van der Waals surface area contributed by atoms with Gasteiger partial charge in [0.1, 0.15) is 0 Å². The number of fused-ring (bicyclic) bond motifs is 1. The molecule has 23 heavy (non-hydrogen) atoms. The van der Waals surface area contributed by atoms with Crippen molar-refractivity contribution in [3.05, 3.63) is 44.7 Å². The molecule has 3 rings (SSSR count). The highest BCUT2D eigenvalue weighted by Gasteiger charge is 2.26. The maximum absolute atomic E-state index is 12.9. The third-order valence-corrected chi connectivity index (χ3v) is 5.29. The lowest BCUT2D eigenvalue weighted by Crippen LogP contribution is -2.42. The van der Waals surface area contributed by atoms with Gasteiger partial charge in [-0.1, -0.05) is 12.1 Å². The molecule has 122 valence electrons. The molecule has 1 saturated heterocycles. The zero-order chi connectivity index (χ0) is 16.6. The lowest BCUT2D eigenvalue weighted by Gasteiger charge is -2.33. The van der Waals surface area contributed by atoms with E-state index in [1.807, 2.05) is 30.0 Å². The van der Waals surface area contributed by atoms with Crippen LogP contribution < -0.4 is 11.3 Å². The maximum Gasteiger partial charge on any atom is 0.254 e. The van der Waals surface area contributed by atoms with Crippen LogP contribution in [0, 0.1) is 5.92 Å². The number of halogens is 1. The zero-order valence-electron chi connectivity index (χ0n) is 13.0. The first kappa shape index (κ1) is 16.2. The van der Waals surface area contributed by atoms with Crippen molar-refractivity contribution in [3.63, 3.8) is 0 Å². The summed E-state index contributed by atoms with van der Waals surface area (Å²) in [5.41, 5.74) is 6.81. The van der Waals surface area contributed by atoms with Crippen LogP contribution in [-0.4, -0.2) is 34.9 Å². The van der Waals surface area contributed by atoms with Gasteiger partial charge in [0.25, 0.3) is 5.91 Å². The molecule has 1 unspecified atom stereocenters. The third-order valence-electron chi connectivity index (χ3n) is 4.63. The van der Waals surface area contributed by atoms with Crippen molar-refractivity contribution >= 4 is 32.7 Å². The number of aromatic nitrogens is 1. The van der Waals surface area contributed by atoms with E-state index in [0.29, 0.717) is 30.1 Å². The molecule has 2 aromatic rings. The number of rotatable bonds is 2. The van der Waals surface area contributed by atoms with Crippen molar-refractivity contribution in [1.29, 1.82) is 0 Å². The molecule has 1 aromatic carbocycles. The second kappa shape index (κ2) is 6.45. The Morgan fingerprint density at radius 1 is 1.39 bits per heavy atom. The average molecular weight is 378 g/mol. The standard InChI is InChI=1S/C17H20BrN3O2/c1-10(19)11-5-7-21(8-6-11)17(23)13-9-15(22)20-16-12(13)3-2-4-14(16)18/h2-4,9-11H,5-8,19H2,1H3,(H,20,22). The summed E-state index contributed by atoms with van der Waals surface area (Å²) in [6, 6.07) is 7.13. The Morgan fingerprint density at radius 2 is 2.09 bits per heavy atom. The van der Waals surface area contributed by atoms with E-state index in [0.717, 1.165) is 22.7 Å². The van der Waals surface area contributed by atoms with Gasteiger partial charge in [0.15, 0.2) is 0 Å². The third kappa shape index (κ3) is 3.19. The van der Waals surface area contributed by atoms with Gasteiger partial charge >= 0.3 is 0 Å². The molecule has 1 aliphatic rings. The molecule has 6 heteroatoms. The van der Waals surface area contributed by atoms with Crippen molar-refractivity contribution in [3.8, 4) is 0 Å². The van der Waals surface area contributed by atoms with Crippen molar-refractivity contribution in [2.24, 2.45) is 11.7 Å². The fourth-order valence-electron chi connectivity index (χ4n) is 3.22. The van der Waals surface area contributed by atoms with Crippen molar-refractivity contribution < 1.29 is 4.79 Å². The summed E-state index contributed by atoms with van der Waals surface area (Å²) in [6.07, 6.45) is 1.82. The summed E-state index contributed by atoms with van der Waals surface area (Å²) >= 11 is 3.43. The Labute approximate surface area is 143 Å². The number of nitrogens with one attached hydrogen (secondary N) is 1. The highest BCUT2D eigenvalue weighted by Crippen LogP contribution is 2.26. The molecule has 1 fully saturated rings. The van der Waals surface area contributed by atoms with E-state index in [4.69, 9.17) is 5.73 Å². The number of hydrogen-bond acceptors (Lipinski definition) is 3. The van der Waals surface area contributed by atoms with Crippen LogP contribution in [0.3, 0.4) is 0 Å². The molecule has 3 N–H and O–H groups in total. The monoisotopic (exact) mass is 377 g/mol. The Bertz CT molecular complexity index is 792. The molecule has 0 spiro atoms. The molecule has 5 nitrogen and oxygen atoms in total. The number of likely N-dealkylation sites (tertiary alicyclic amines) is 1. The molecular formula is C17H20BrN3O2. The molecule has 1 aromatic heterocycles. The van der Waals surface area contributed by atoms with Crippen LogP contribution >= 0.6 is 15.9 Å². The second-order valence-corrected chi connectivity index (χ2v) is 7.05. The smallest absolute Gasteiger partial charge is 0.254 e. The molecule has 0 aliphatic carbocycles. The number of amides is 1. The van der Waals surface area contributed by atoms with Crippen LogP contribution in [0.1, 0.15) is 30.1 Å². The summed E-state index contributed by atoms with van der Waals surface area (Å²) in [4.78, 5) is 29.4. The predicted molar refractivity (Wildman–Crippen MR) is 94.5 cm³/mol. The van der Waals surface area contributed by atoms with Gasteiger partial charge < -0.3 is 15.6 Å². The Morgan fingerprint density at radius 3 is 2.74 bits per heavy atom. The summed E-state index contributed by atoms with van der Waals surface area (Å²) in [5.74, 6) is 0.381. The molecular weight excluding hydrogens is 358 g/mol. The molecule has 1 amide bonds. The summed E-state index contributed by atoms with van der Waals surface area (Å²) < 4.78 is 0.775. The van der Waals surface area contributed by atoms with Crippen LogP contribution in [0.15, 0.2) is 33.5 Å². The zero-order valence-corrected chi connectivity index (χ0v) is 14.6. The van der Waals surface area contributed by atoms with Crippen LogP contribution in [-0.2, 0) is 0 Å². The summed E-state index contributed by atoms with van der Waals surface area (Å²) in [6.45, 7) is 3.39. The van der Waals surface area contributed by atoms with E-state index in [-0.39, 0.29) is 17.5 Å². The van der Waals surface area contributed by atoms with Gasteiger partial charge in [0, 0.05) is 35.1 Å². The van der Waals surface area contributed by atoms with E-state index in [9.17, 15) is 9.59 Å². The van der Waals surface area contributed by atoms with Crippen LogP contribution in [0.4, 0.5) is 0 Å². The first-order valence-electron chi connectivity index (χ1n) is 7.84. The first-order chi connectivity index (χ1) is 11.0. The van der Waals surface area contributed by atoms with Crippen molar-refractivity contribution in [2.45, 2.75) is 25.8 Å². The lowest BCUT2D eigenvalue weighted by atomic mass is 9.90. The lowest BCUT2D eigenvalue weighted by molar-refractivity contribution is 0.0683. The minimum Gasteiger partial charge on any atom is -0.339 e. The van der Waals surface area contributed by atoms with Crippen molar-refractivity contribution in [2.75, 3.05) is 13.1 Å². The minimum atomic E-state index is -0.266. The maximum atomic E-state index is 12.9. The predicted octanol–water partition coefficient (Wildman–Crippen LogP) is 2.49. The Kier molecular flexibility index (Phi) is 4.55. The fraction of sp³-hybridized carbons (Fsp3) is 0.412. The number of para-hydroxylation sites is 1. The van der Waals surface area contributed by atoms with Gasteiger partial charge in [-0.3, -0.25) is 9.59 Å². The number of nitrogens with two attached hydrogens (primary N) is 1. The minimum absolute atomic E-state index is 0.0812. The number of H-pyrrole nitrogens is 1. The number of carbonyl (C=O) groups excluding carboxylic acids is 1. The Hall–Kier alpha value is -1.66. The van der Waals surface area contributed by atoms with E-state index < -0.39 is 0 Å². The van der Waals surface area contributed by atoms with Gasteiger partial charge in [-0.25, -0.2) is 0 Å². The number of aromatic amines is 1. The van der Waals surface area contributed by atoms with Gasteiger partial charge in [0.2, 0.25) is 5.56 Å². The van der Waals surface area contributed by atoms with E-state index in [2.05, 4.69) is 20.9 Å². The topological polar surface area (TPSA) is 79.2 Å². The van der Waals surface area contributed by atoms with Gasteiger partial charge in [0.05, 0.1) is 11.1 Å². The molecule has 2 heterocycles. The summed E-state index contributed by atoms with van der Waals surface area (Å²) in [7, 11) is 0. The van der Waals surface area contributed by atoms with Crippen LogP contribution in [0.5, 0.6) is 0 Å². The highest BCUT2D eigenvalue weighted by atomic mass is 79.9. The largest absolute Gasteiger partial charge is 0.339 e. The quantitative estimate of drug-likeness (QED) is 0.843. The van der Waals surface area contributed by atoms with Crippen molar-refractivity contribution in [1.82, 2.24) is 9.88 Å². The van der Waals surface area contributed by atoms with Crippen LogP contribution in [0.25, 0.3) is 10.9 Å². The number of nitrogens with zero attached hydrogens (tertiary/aromatic N) is 1. The van der Waals surface area contributed by atoms with E-state index in [1.165, 1.54) is 6.07 Å². The van der Waals surface area contributed by atoms with Gasteiger partial charge in [-0.05, 0) is 47.7 Å². The SMILES string of the molecule is CC(N)C1CCN(C(=O)c2cc(=O)[nH]c3c(Br)cccc23)CC1. The number of hydrogen-bond donors (Lipinski definition) is 2. The summed E-state index contributed by atoms with van der Waals surface area (Å²) in [5, 5.41) is 0.762. The van der Waals surface area contributed by atoms with Gasteiger partial charge in [-0.15, -0.1) is 0 Å². The molecule has 1 atom stereocenters. The van der Waals surface area contributed by atoms with Gasteiger partial charge in [-0.2, -0.15) is 0 Å². The molecule has 1 aliphatic heterocycles. The Balaban J connectivity index is 1.93. The van der Waals surface area contributed by atoms with E-state index in [1.54, 1.807) is 0 Å². The molecule has 0 saturated carbocycles. The van der Waals surface area contributed by atoms with Crippen LogP contribution in [0.2, 0.25) is 0 Å². The first-order valence-corrected chi connectivity index (χ1v) is 8.63. The molecule has 0 radical (unpaired) electrons. The number of piperidine rings is 1. The fourth-order valence-corrected chi connectivity index (χ4v) is 3.68. The number of carbonyl (C=O) groups is 1. The number of benzene rings is 1. The molecule has 0 bridgehead atoms. The highest BCUT2D eigenvalue weighted by molar-refractivity contribution is 9.10. The second-order valence-electron chi connectivity index (χ2n) is 6.20. The average Bonchev–Trinajstić information content (AvgIpc) is 2.54. The number of pyridine rings is 1. The normalized spacial score (nSPS) is 17.4. The van der Waals surface area contributed by atoms with E-state index >= 15 is 0 Å².